The SMILES string of the molecule is Cc1nnc2n1CC(C(=O)O)N(Cc1cc(Cl)ccc1[N+](=O)[O-])C2. The summed E-state index contributed by atoms with van der Waals surface area (Å²) in [5.74, 6) is 0.276. The number of fused-ring (bicyclic) bond motifs is 1. The number of hydrogen-bond acceptors (Lipinski definition) is 6. The van der Waals surface area contributed by atoms with Gasteiger partial charge in [0.05, 0.1) is 18.0 Å². The zero-order valence-electron chi connectivity index (χ0n) is 12.7. The van der Waals surface area contributed by atoms with E-state index in [1.807, 2.05) is 0 Å². The Hall–Kier alpha value is -2.52. The van der Waals surface area contributed by atoms with Crippen LogP contribution in [-0.2, 0) is 24.4 Å². The Balaban J connectivity index is 1.95. The molecule has 1 aliphatic rings. The topological polar surface area (TPSA) is 114 Å². The van der Waals surface area contributed by atoms with Crippen LogP contribution in [0, 0.1) is 17.0 Å². The number of carboxylic acids is 1. The number of aryl methyl sites for hydroxylation is 1. The lowest BCUT2D eigenvalue weighted by molar-refractivity contribution is -0.385. The number of carboxylic acid groups (broad SMARTS) is 1. The van der Waals surface area contributed by atoms with Gasteiger partial charge in [0.25, 0.3) is 5.69 Å². The fourth-order valence-electron chi connectivity index (χ4n) is 2.84. The zero-order chi connectivity index (χ0) is 17.4. The monoisotopic (exact) mass is 351 g/mol. The van der Waals surface area contributed by atoms with Crippen molar-refractivity contribution in [2.45, 2.75) is 32.6 Å². The number of benzene rings is 1. The molecule has 10 heteroatoms. The van der Waals surface area contributed by atoms with Gasteiger partial charge in [0.1, 0.15) is 17.7 Å². The van der Waals surface area contributed by atoms with Crippen molar-refractivity contribution in [3.63, 3.8) is 0 Å². The van der Waals surface area contributed by atoms with Crippen molar-refractivity contribution in [3.05, 3.63) is 50.5 Å². The Labute approximate surface area is 141 Å². The van der Waals surface area contributed by atoms with Crippen LogP contribution >= 0.6 is 11.6 Å². The Morgan fingerprint density at radius 2 is 2.25 bits per heavy atom. The van der Waals surface area contributed by atoms with Gasteiger partial charge in [-0.15, -0.1) is 10.2 Å². The van der Waals surface area contributed by atoms with E-state index in [0.29, 0.717) is 22.2 Å². The molecule has 1 aliphatic heterocycles. The fraction of sp³-hybridized carbons (Fsp3) is 0.357. The summed E-state index contributed by atoms with van der Waals surface area (Å²) >= 11 is 5.94. The van der Waals surface area contributed by atoms with Gasteiger partial charge in [0.15, 0.2) is 0 Å². The van der Waals surface area contributed by atoms with E-state index in [1.165, 1.54) is 18.2 Å². The molecule has 2 aromatic rings. The average molecular weight is 352 g/mol. The third kappa shape index (κ3) is 2.95. The minimum Gasteiger partial charge on any atom is -0.480 e. The Kier molecular flexibility index (Phi) is 4.20. The first-order valence-corrected chi connectivity index (χ1v) is 7.53. The van der Waals surface area contributed by atoms with Crippen molar-refractivity contribution in [2.75, 3.05) is 0 Å². The van der Waals surface area contributed by atoms with Crippen LogP contribution in [0.5, 0.6) is 0 Å². The minimum atomic E-state index is -1.00. The first kappa shape index (κ1) is 16.3. The zero-order valence-corrected chi connectivity index (χ0v) is 13.5. The lowest BCUT2D eigenvalue weighted by Crippen LogP contribution is -2.47. The smallest absolute Gasteiger partial charge is 0.322 e. The van der Waals surface area contributed by atoms with E-state index < -0.39 is 16.9 Å². The van der Waals surface area contributed by atoms with Crippen molar-refractivity contribution in [1.82, 2.24) is 19.7 Å². The molecule has 0 saturated carbocycles. The van der Waals surface area contributed by atoms with Crippen LogP contribution in [0.25, 0.3) is 0 Å². The summed E-state index contributed by atoms with van der Waals surface area (Å²) in [5, 5.41) is 29.1. The fourth-order valence-corrected chi connectivity index (χ4v) is 3.03. The first-order valence-electron chi connectivity index (χ1n) is 7.15. The quantitative estimate of drug-likeness (QED) is 0.657. The number of nitro benzene ring substituents is 1. The molecule has 0 bridgehead atoms. The van der Waals surface area contributed by atoms with Crippen molar-refractivity contribution in [2.24, 2.45) is 0 Å². The van der Waals surface area contributed by atoms with Gasteiger partial charge in [-0.1, -0.05) is 11.6 Å². The lowest BCUT2D eigenvalue weighted by Gasteiger charge is -2.33. The molecule has 0 saturated heterocycles. The number of halogens is 1. The molecule has 1 aromatic carbocycles. The minimum absolute atomic E-state index is 0.0831. The average Bonchev–Trinajstić information content (AvgIpc) is 2.86. The van der Waals surface area contributed by atoms with Crippen LogP contribution in [-0.4, -0.2) is 41.7 Å². The molecule has 1 N–H and O–H groups in total. The van der Waals surface area contributed by atoms with Crippen molar-refractivity contribution in [1.29, 1.82) is 0 Å². The number of nitro groups is 1. The van der Waals surface area contributed by atoms with Crippen LogP contribution in [0.3, 0.4) is 0 Å². The van der Waals surface area contributed by atoms with E-state index in [9.17, 15) is 20.0 Å². The van der Waals surface area contributed by atoms with Gasteiger partial charge in [-0.05, 0) is 19.1 Å². The van der Waals surface area contributed by atoms with Gasteiger partial charge in [-0.2, -0.15) is 0 Å². The highest BCUT2D eigenvalue weighted by Gasteiger charge is 2.34. The summed E-state index contributed by atoms with van der Waals surface area (Å²) < 4.78 is 1.75. The maximum absolute atomic E-state index is 11.6. The van der Waals surface area contributed by atoms with Crippen LogP contribution in [0.1, 0.15) is 17.2 Å². The van der Waals surface area contributed by atoms with E-state index in [4.69, 9.17) is 11.6 Å². The van der Waals surface area contributed by atoms with Gasteiger partial charge in [0.2, 0.25) is 0 Å². The van der Waals surface area contributed by atoms with Crippen molar-refractivity contribution < 1.29 is 14.8 Å². The summed E-state index contributed by atoms with van der Waals surface area (Å²) in [4.78, 5) is 23.9. The van der Waals surface area contributed by atoms with Crippen molar-refractivity contribution in [3.8, 4) is 0 Å². The molecule has 3 rings (SSSR count). The summed E-state index contributed by atoms with van der Waals surface area (Å²) in [6.45, 7) is 2.27. The summed E-state index contributed by atoms with van der Waals surface area (Å²) in [7, 11) is 0. The highest BCUT2D eigenvalue weighted by molar-refractivity contribution is 6.30. The normalized spacial score (nSPS) is 17.5. The van der Waals surface area contributed by atoms with E-state index in [0.717, 1.165) is 0 Å². The second kappa shape index (κ2) is 6.17. The van der Waals surface area contributed by atoms with Gasteiger partial charge in [-0.3, -0.25) is 19.8 Å². The number of nitrogens with zero attached hydrogens (tertiary/aromatic N) is 5. The summed E-state index contributed by atoms with van der Waals surface area (Å²) in [6.07, 6.45) is 0. The van der Waals surface area contributed by atoms with Gasteiger partial charge < -0.3 is 9.67 Å². The second-order valence-corrected chi connectivity index (χ2v) is 6.00. The number of rotatable bonds is 4. The van der Waals surface area contributed by atoms with Gasteiger partial charge >= 0.3 is 5.97 Å². The molecule has 1 atom stereocenters. The molecule has 0 spiro atoms. The van der Waals surface area contributed by atoms with Gasteiger partial charge in [-0.25, -0.2) is 0 Å². The number of aromatic nitrogens is 3. The summed E-state index contributed by atoms with van der Waals surface area (Å²) in [6, 6.07) is 3.42. The van der Waals surface area contributed by atoms with E-state index in [1.54, 1.807) is 16.4 Å². The highest BCUT2D eigenvalue weighted by atomic mass is 35.5. The van der Waals surface area contributed by atoms with E-state index in [-0.39, 0.29) is 25.3 Å². The van der Waals surface area contributed by atoms with E-state index in [2.05, 4.69) is 10.2 Å². The Bertz CT molecular complexity index is 821. The van der Waals surface area contributed by atoms with Gasteiger partial charge in [0, 0.05) is 23.2 Å². The standard InChI is InChI=1S/C14H14ClN5O4/c1-8-16-17-13-7-18(12(14(21)22)6-19(8)13)5-9-4-10(15)2-3-11(9)20(23)24/h2-4,12H,5-7H2,1H3,(H,21,22). The lowest BCUT2D eigenvalue weighted by atomic mass is 10.1. The molecule has 126 valence electrons. The van der Waals surface area contributed by atoms with Crippen LogP contribution in [0.15, 0.2) is 18.2 Å². The number of carbonyl (C=O) groups is 1. The molecule has 0 radical (unpaired) electrons. The maximum atomic E-state index is 11.6. The Morgan fingerprint density at radius 3 is 2.92 bits per heavy atom. The molecular weight excluding hydrogens is 338 g/mol. The van der Waals surface area contributed by atoms with Crippen LogP contribution in [0.4, 0.5) is 5.69 Å². The number of hydrogen-bond donors (Lipinski definition) is 1. The molecule has 0 fully saturated rings. The highest BCUT2D eigenvalue weighted by Crippen LogP contribution is 2.27. The van der Waals surface area contributed by atoms with Crippen molar-refractivity contribution >= 4 is 23.3 Å². The molecule has 9 nitrogen and oxygen atoms in total. The first-order chi connectivity index (χ1) is 11.4. The van der Waals surface area contributed by atoms with Crippen LogP contribution in [0.2, 0.25) is 5.02 Å². The third-order valence-electron chi connectivity index (χ3n) is 4.05. The molecule has 24 heavy (non-hydrogen) atoms. The second-order valence-electron chi connectivity index (χ2n) is 5.56. The summed E-state index contributed by atoms with van der Waals surface area (Å²) in [5.41, 5.74) is 0.273. The molecule has 1 unspecified atom stereocenters. The molecular formula is C14H14ClN5O4. The largest absolute Gasteiger partial charge is 0.480 e. The molecule has 0 aliphatic carbocycles. The molecule has 0 amide bonds. The maximum Gasteiger partial charge on any atom is 0.322 e. The third-order valence-corrected chi connectivity index (χ3v) is 4.28. The van der Waals surface area contributed by atoms with E-state index >= 15 is 0 Å². The predicted molar refractivity (Wildman–Crippen MR) is 83.5 cm³/mol. The number of aliphatic carboxylic acids is 1. The Morgan fingerprint density at radius 1 is 1.50 bits per heavy atom. The molecule has 1 aromatic heterocycles. The van der Waals surface area contributed by atoms with Crippen LogP contribution < -0.4 is 0 Å². The predicted octanol–water partition coefficient (Wildman–Crippen LogP) is 1.62. The molecule has 2 heterocycles.